The smallest absolute Gasteiger partial charge is 0.250 e. The van der Waals surface area contributed by atoms with Gasteiger partial charge in [-0.05, 0) is 63.5 Å². The van der Waals surface area contributed by atoms with E-state index >= 15 is 0 Å². The van der Waals surface area contributed by atoms with E-state index in [0.29, 0.717) is 6.04 Å². The largest absolute Gasteiger partial charge is 0.384 e. The van der Waals surface area contributed by atoms with Crippen molar-refractivity contribution in [2.75, 3.05) is 36.8 Å². The lowest BCUT2D eigenvalue weighted by Gasteiger charge is -2.24. The molecule has 1 aromatic heterocycles. The molecule has 1 aromatic carbocycles. The van der Waals surface area contributed by atoms with Crippen LogP contribution in [0.3, 0.4) is 0 Å². The summed E-state index contributed by atoms with van der Waals surface area (Å²) in [6.45, 7) is 8.78. The SMILES string of the molecule is CCN(CC)CCCCCNc1cc(=O)[nH]c2ccc(NC3CCCCC3)cc12. The first-order chi connectivity index (χ1) is 14.2. The molecule has 0 bridgehead atoms. The molecular weight excluding hydrogens is 360 g/mol. The van der Waals surface area contributed by atoms with Crippen molar-refractivity contribution in [1.29, 1.82) is 0 Å². The van der Waals surface area contributed by atoms with E-state index in [9.17, 15) is 4.79 Å². The zero-order chi connectivity index (χ0) is 20.5. The van der Waals surface area contributed by atoms with Crippen molar-refractivity contribution in [3.8, 4) is 0 Å². The van der Waals surface area contributed by atoms with Gasteiger partial charge in [0.1, 0.15) is 0 Å². The van der Waals surface area contributed by atoms with Gasteiger partial charge in [0, 0.05) is 35.4 Å². The van der Waals surface area contributed by atoms with E-state index < -0.39 is 0 Å². The molecule has 1 heterocycles. The summed E-state index contributed by atoms with van der Waals surface area (Å²) in [5, 5.41) is 8.30. The monoisotopic (exact) mass is 398 g/mol. The topological polar surface area (TPSA) is 60.2 Å². The Hall–Kier alpha value is -2.01. The lowest BCUT2D eigenvalue weighted by molar-refractivity contribution is 0.296. The molecule has 0 atom stereocenters. The number of unbranched alkanes of at least 4 members (excludes halogenated alkanes) is 2. The van der Waals surface area contributed by atoms with E-state index in [0.717, 1.165) is 48.3 Å². The Labute approximate surface area is 175 Å². The zero-order valence-corrected chi connectivity index (χ0v) is 18.2. The van der Waals surface area contributed by atoms with Gasteiger partial charge in [0.05, 0.1) is 5.52 Å². The Morgan fingerprint density at radius 2 is 1.83 bits per heavy atom. The summed E-state index contributed by atoms with van der Waals surface area (Å²) in [7, 11) is 0. The number of pyridine rings is 1. The van der Waals surface area contributed by atoms with Gasteiger partial charge in [0.2, 0.25) is 5.56 Å². The number of H-pyrrole nitrogens is 1. The van der Waals surface area contributed by atoms with E-state index in [1.165, 1.54) is 51.5 Å². The molecule has 1 aliphatic carbocycles. The highest BCUT2D eigenvalue weighted by Gasteiger charge is 2.13. The van der Waals surface area contributed by atoms with E-state index in [4.69, 9.17) is 0 Å². The number of hydrogen-bond donors (Lipinski definition) is 3. The first-order valence-corrected chi connectivity index (χ1v) is 11.6. The number of hydrogen-bond acceptors (Lipinski definition) is 4. The van der Waals surface area contributed by atoms with E-state index in [1.807, 2.05) is 6.07 Å². The minimum absolute atomic E-state index is 0.0467. The highest BCUT2D eigenvalue weighted by molar-refractivity contribution is 5.93. The predicted molar refractivity (Wildman–Crippen MR) is 125 cm³/mol. The van der Waals surface area contributed by atoms with Crippen LogP contribution in [0.25, 0.3) is 10.9 Å². The fraction of sp³-hybridized carbons (Fsp3) is 0.625. The van der Waals surface area contributed by atoms with Crippen LogP contribution in [-0.4, -0.2) is 42.1 Å². The van der Waals surface area contributed by atoms with Crippen molar-refractivity contribution in [3.63, 3.8) is 0 Å². The summed E-state index contributed by atoms with van der Waals surface area (Å²) < 4.78 is 0. The highest BCUT2D eigenvalue weighted by atomic mass is 16.1. The van der Waals surface area contributed by atoms with Crippen LogP contribution in [0.1, 0.15) is 65.2 Å². The number of fused-ring (bicyclic) bond motifs is 1. The van der Waals surface area contributed by atoms with Crippen molar-refractivity contribution >= 4 is 22.3 Å². The quantitative estimate of drug-likeness (QED) is 0.456. The first-order valence-electron chi connectivity index (χ1n) is 11.6. The summed E-state index contributed by atoms with van der Waals surface area (Å²) in [6.07, 6.45) is 10.1. The third-order valence-electron chi connectivity index (χ3n) is 6.18. The van der Waals surface area contributed by atoms with Crippen molar-refractivity contribution in [1.82, 2.24) is 9.88 Å². The van der Waals surface area contributed by atoms with Crippen LogP contribution in [0.2, 0.25) is 0 Å². The number of rotatable bonds is 11. The van der Waals surface area contributed by atoms with E-state index in [1.54, 1.807) is 6.07 Å². The average molecular weight is 399 g/mol. The average Bonchev–Trinajstić information content (AvgIpc) is 2.74. The Kier molecular flexibility index (Phi) is 8.41. The van der Waals surface area contributed by atoms with Gasteiger partial charge in [-0.25, -0.2) is 0 Å². The Morgan fingerprint density at radius 1 is 1.03 bits per heavy atom. The molecule has 160 valence electrons. The van der Waals surface area contributed by atoms with Gasteiger partial charge in [0.25, 0.3) is 0 Å². The molecule has 2 aromatic rings. The molecule has 3 rings (SSSR count). The Bertz CT molecular complexity index is 806. The third kappa shape index (κ3) is 6.49. The van der Waals surface area contributed by atoms with Gasteiger partial charge in [-0.2, -0.15) is 0 Å². The number of benzene rings is 1. The summed E-state index contributed by atoms with van der Waals surface area (Å²) in [4.78, 5) is 17.5. The maximum atomic E-state index is 12.1. The zero-order valence-electron chi connectivity index (χ0n) is 18.2. The van der Waals surface area contributed by atoms with Gasteiger partial charge < -0.3 is 20.5 Å². The van der Waals surface area contributed by atoms with Crippen LogP contribution in [0, 0.1) is 0 Å². The van der Waals surface area contributed by atoms with Crippen LogP contribution in [-0.2, 0) is 0 Å². The normalized spacial score (nSPS) is 15.1. The maximum absolute atomic E-state index is 12.1. The molecule has 0 spiro atoms. The van der Waals surface area contributed by atoms with Gasteiger partial charge in [-0.1, -0.05) is 39.5 Å². The second-order valence-corrected chi connectivity index (χ2v) is 8.30. The lowest BCUT2D eigenvalue weighted by atomic mass is 9.95. The minimum atomic E-state index is -0.0467. The van der Waals surface area contributed by atoms with Crippen molar-refractivity contribution in [3.05, 3.63) is 34.6 Å². The number of nitrogens with one attached hydrogen (secondary N) is 3. The van der Waals surface area contributed by atoms with Crippen LogP contribution < -0.4 is 16.2 Å². The molecule has 0 radical (unpaired) electrons. The fourth-order valence-corrected chi connectivity index (χ4v) is 4.37. The summed E-state index contributed by atoms with van der Waals surface area (Å²) in [6, 6.07) is 8.57. The molecule has 0 saturated heterocycles. The van der Waals surface area contributed by atoms with Gasteiger partial charge in [-0.15, -0.1) is 0 Å². The van der Waals surface area contributed by atoms with Crippen LogP contribution >= 0.6 is 0 Å². The molecule has 3 N–H and O–H groups in total. The number of anilines is 2. The third-order valence-corrected chi connectivity index (χ3v) is 6.18. The molecule has 0 unspecified atom stereocenters. The van der Waals surface area contributed by atoms with Crippen molar-refractivity contribution < 1.29 is 0 Å². The highest BCUT2D eigenvalue weighted by Crippen LogP contribution is 2.26. The van der Waals surface area contributed by atoms with Gasteiger partial charge >= 0.3 is 0 Å². The van der Waals surface area contributed by atoms with E-state index in [-0.39, 0.29) is 5.56 Å². The molecule has 5 nitrogen and oxygen atoms in total. The van der Waals surface area contributed by atoms with Gasteiger partial charge in [0.15, 0.2) is 0 Å². The summed E-state index contributed by atoms with van der Waals surface area (Å²) >= 11 is 0. The van der Waals surface area contributed by atoms with Crippen LogP contribution in [0.5, 0.6) is 0 Å². The van der Waals surface area contributed by atoms with Crippen LogP contribution in [0.15, 0.2) is 29.1 Å². The molecule has 0 aliphatic heterocycles. The molecule has 1 aliphatic rings. The summed E-state index contributed by atoms with van der Waals surface area (Å²) in [5.41, 5.74) is 2.95. The standard InChI is InChI=1S/C24H38N4O/c1-3-28(4-2)16-10-6-9-15-25-23-18-24(29)27-22-14-13-20(17-21(22)23)26-19-11-7-5-8-12-19/h13-14,17-19,26H,3-12,15-16H2,1-2H3,(H2,25,27,29). The molecule has 1 fully saturated rings. The maximum Gasteiger partial charge on any atom is 0.250 e. The fourth-order valence-electron chi connectivity index (χ4n) is 4.37. The van der Waals surface area contributed by atoms with Crippen LogP contribution in [0.4, 0.5) is 11.4 Å². The molecule has 5 heteroatoms. The summed E-state index contributed by atoms with van der Waals surface area (Å²) in [5.74, 6) is 0. The van der Waals surface area contributed by atoms with Gasteiger partial charge in [-0.3, -0.25) is 4.79 Å². The molecular formula is C24H38N4O. The Balaban J connectivity index is 1.59. The number of aromatic nitrogens is 1. The number of aromatic amines is 1. The predicted octanol–water partition coefficient (Wildman–Crippen LogP) is 5.20. The van der Waals surface area contributed by atoms with E-state index in [2.05, 4.69) is 46.5 Å². The second-order valence-electron chi connectivity index (χ2n) is 8.30. The molecule has 29 heavy (non-hydrogen) atoms. The Morgan fingerprint density at radius 3 is 2.59 bits per heavy atom. The first kappa shape index (κ1) is 21.7. The molecule has 1 saturated carbocycles. The second kappa shape index (κ2) is 11.2. The van der Waals surface area contributed by atoms with Crippen molar-refractivity contribution in [2.24, 2.45) is 0 Å². The van der Waals surface area contributed by atoms with Crippen molar-refractivity contribution in [2.45, 2.75) is 71.3 Å². The molecule has 0 amide bonds. The minimum Gasteiger partial charge on any atom is -0.384 e. The number of nitrogens with zero attached hydrogens (tertiary/aromatic N) is 1. The lowest BCUT2D eigenvalue weighted by Crippen LogP contribution is -2.24.